The number of rotatable bonds is 5. The lowest BCUT2D eigenvalue weighted by Crippen LogP contribution is -2.54. The Kier molecular flexibility index (Phi) is 5.04. The topological polar surface area (TPSA) is 127 Å². The molecule has 1 saturated heterocycles. The zero-order valence-electron chi connectivity index (χ0n) is 15.5. The summed E-state index contributed by atoms with van der Waals surface area (Å²) >= 11 is 0. The van der Waals surface area contributed by atoms with Gasteiger partial charge in [0.1, 0.15) is 6.04 Å². The van der Waals surface area contributed by atoms with E-state index in [2.05, 4.69) is 5.32 Å². The first-order valence-electron chi connectivity index (χ1n) is 8.72. The highest BCUT2D eigenvalue weighted by Crippen LogP contribution is 2.33. The van der Waals surface area contributed by atoms with E-state index in [1.54, 1.807) is 24.1 Å². The Balaban J connectivity index is 1.87. The predicted molar refractivity (Wildman–Crippen MR) is 97.0 cm³/mol. The lowest BCUT2D eigenvalue weighted by atomic mass is 10.0. The van der Waals surface area contributed by atoms with E-state index in [-0.39, 0.29) is 30.5 Å². The summed E-state index contributed by atoms with van der Waals surface area (Å²) < 4.78 is 0. The van der Waals surface area contributed by atoms with Crippen molar-refractivity contribution < 1.29 is 29.1 Å². The lowest BCUT2D eigenvalue weighted by molar-refractivity contribution is -0.136. The summed E-state index contributed by atoms with van der Waals surface area (Å²) in [5.74, 6) is -2.26. The van der Waals surface area contributed by atoms with Gasteiger partial charge in [0.25, 0.3) is 11.8 Å². The van der Waals surface area contributed by atoms with E-state index < -0.39 is 35.8 Å². The van der Waals surface area contributed by atoms with E-state index >= 15 is 0 Å². The van der Waals surface area contributed by atoms with Crippen LogP contribution < -0.4 is 10.2 Å². The van der Waals surface area contributed by atoms with Gasteiger partial charge in [-0.05, 0) is 18.6 Å². The molecular formula is C18H20N4O6. The Hall–Kier alpha value is -3.43. The van der Waals surface area contributed by atoms with Crippen molar-refractivity contribution in [3.63, 3.8) is 0 Å². The molecule has 2 N–H and O–H groups in total. The van der Waals surface area contributed by atoms with Gasteiger partial charge < -0.3 is 14.9 Å². The largest absolute Gasteiger partial charge is 0.465 e. The maximum absolute atomic E-state index is 13.0. The molecule has 1 aromatic rings. The molecule has 1 fully saturated rings. The van der Waals surface area contributed by atoms with E-state index in [1.165, 1.54) is 13.1 Å². The van der Waals surface area contributed by atoms with Crippen LogP contribution in [0.25, 0.3) is 0 Å². The van der Waals surface area contributed by atoms with Gasteiger partial charge in [-0.15, -0.1) is 0 Å². The fourth-order valence-electron chi connectivity index (χ4n) is 3.33. The molecular weight excluding hydrogens is 368 g/mol. The average molecular weight is 388 g/mol. The smallest absolute Gasteiger partial charge is 0.407 e. The highest BCUT2D eigenvalue weighted by molar-refractivity contribution is 6.25. The van der Waals surface area contributed by atoms with Crippen LogP contribution >= 0.6 is 0 Å². The van der Waals surface area contributed by atoms with Crippen LogP contribution in [0.3, 0.4) is 0 Å². The van der Waals surface area contributed by atoms with Gasteiger partial charge >= 0.3 is 6.09 Å². The Labute approximate surface area is 160 Å². The van der Waals surface area contributed by atoms with Crippen molar-refractivity contribution in [1.29, 1.82) is 0 Å². The molecule has 10 nitrogen and oxygen atoms in total. The van der Waals surface area contributed by atoms with Gasteiger partial charge in [-0.1, -0.05) is 6.07 Å². The molecule has 0 spiro atoms. The number of anilines is 1. The summed E-state index contributed by atoms with van der Waals surface area (Å²) in [5, 5.41) is 11.1. The fourth-order valence-corrected chi connectivity index (χ4v) is 3.33. The zero-order chi connectivity index (χ0) is 20.6. The molecule has 0 aromatic heterocycles. The zero-order valence-corrected chi connectivity index (χ0v) is 15.5. The van der Waals surface area contributed by atoms with E-state index in [4.69, 9.17) is 5.11 Å². The fraction of sp³-hybridized carbons (Fsp3) is 0.389. The minimum atomic E-state index is -1.07. The van der Waals surface area contributed by atoms with Gasteiger partial charge in [-0.25, -0.2) is 4.79 Å². The second kappa shape index (κ2) is 7.29. The number of amides is 5. The van der Waals surface area contributed by atoms with Gasteiger partial charge in [0, 0.05) is 33.6 Å². The maximum Gasteiger partial charge on any atom is 0.407 e. The van der Waals surface area contributed by atoms with Gasteiger partial charge in [-0.3, -0.25) is 29.4 Å². The van der Waals surface area contributed by atoms with Gasteiger partial charge in [-0.2, -0.15) is 0 Å². The molecule has 0 bridgehead atoms. The number of likely N-dealkylation sites (N-methyl/N-ethyl adjacent to an activating group) is 2. The third-order valence-electron chi connectivity index (χ3n) is 4.95. The molecule has 0 aliphatic carbocycles. The van der Waals surface area contributed by atoms with E-state index in [0.717, 1.165) is 9.80 Å². The quantitative estimate of drug-likeness (QED) is 0.687. The monoisotopic (exact) mass is 388 g/mol. The number of fused-ring (bicyclic) bond motifs is 1. The summed E-state index contributed by atoms with van der Waals surface area (Å²) in [6, 6.07) is 3.78. The molecule has 0 radical (unpaired) electrons. The van der Waals surface area contributed by atoms with Crippen LogP contribution in [0.1, 0.15) is 33.6 Å². The highest BCUT2D eigenvalue weighted by Gasteiger charge is 2.45. The summed E-state index contributed by atoms with van der Waals surface area (Å²) in [4.78, 5) is 64.0. The van der Waals surface area contributed by atoms with Crippen LogP contribution in [-0.4, -0.2) is 77.9 Å². The molecule has 2 aliphatic rings. The van der Waals surface area contributed by atoms with Crippen LogP contribution in [0.2, 0.25) is 0 Å². The normalized spacial score (nSPS) is 18.8. The lowest BCUT2D eigenvalue weighted by Gasteiger charge is -2.28. The van der Waals surface area contributed by atoms with Crippen LogP contribution in [0.4, 0.5) is 10.5 Å². The van der Waals surface area contributed by atoms with E-state index in [9.17, 15) is 24.0 Å². The summed E-state index contributed by atoms with van der Waals surface area (Å²) in [7, 11) is 3.13. The number of carbonyl (C=O) groups excluding carboxylic acids is 4. The van der Waals surface area contributed by atoms with Crippen LogP contribution in [-0.2, 0) is 9.59 Å². The van der Waals surface area contributed by atoms with Gasteiger partial charge in [0.15, 0.2) is 0 Å². The van der Waals surface area contributed by atoms with Crippen molar-refractivity contribution in [3.05, 3.63) is 29.3 Å². The van der Waals surface area contributed by atoms with Crippen molar-refractivity contribution in [2.24, 2.45) is 0 Å². The Morgan fingerprint density at radius 3 is 2.54 bits per heavy atom. The highest BCUT2D eigenvalue weighted by atomic mass is 16.4. The van der Waals surface area contributed by atoms with Crippen molar-refractivity contribution in [1.82, 2.24) is 15.1 Å². The predicted octanol–water partition coefficient (Wildman–Crippen LogP) is 0.134. The molecule has 3 rings (SSSR count). The molecule has 1 aromatic carbocycles. The SMILES string of the molecule is CN(CCN(C)c1cccc2c1C(=O)N(C1CCC(=O)NC1=O)C2=O)C(=O)O. The number of piperidine rings is 1. The third kappa shape index (κ3) is 3.28. The van der Waals surface area contributed by atoms with Crippen LogP contribution in [0, 0.1) is 0 Å². The minimum Gasteiger partial charge on any atom is -0.465 e. The second-order valence-electron chi connectivity index (χ2n) is 6.77. The molecule has 2 aliphatic heterocycles. The van der Waals surface area contributed by atoms with Gasteiger partial charge in [0.2, 0.25) is 11.8 Å². The molecule has 2 heterocycles. The first-order chi connectivity index (χ1) is 13.2. The van der Waals surface area contributed by atoms with Crippen molar-refractivity contribution in [3.8, 4) is 0 Å². The van der Waals surface area contributed by atoms with Crippen molar-refractivity contribution in [2.75, 3.05) is 32.1 Å². The standard InChI is InChI=1S/C18H20N4O6/c1-20(8-9-21(2)18(27)28)11-5-3-4-10-14(11)17(26)22(16(10)25)12-6-7-13(23)19-15(12)24/h3-5,12H,6-9H2,1-2H3,(H,27,28)(H,19,23,24). The Morgan fingerprint density at radius 1 is 1.18 bits per heavy atom. The van der Waals surface area contributed by atoms with Crippen molar-refractivity contribution in [2.45, 2.75) is 18.9 Å². The molecule has 1 unspecified atom stereocenters. The number of hydrogen-bond acceptors (Lipinski definition) is 6. The molecule has 10 heteroatoms. The maximum atomic E-state index is 13.0. The van der Waals surface area contributed by atoms with Crippen molar-refractivity contribution >= 4 is 35.4 Å². The number of benzene rings is 1. The summed E-state index contributed by atoms with van der Waals surface area (Å²) in [6.07, 6.45) is -0.926. The van der Waals surface area contributed by atoms with E-state index in [0.29, 0.717) is 12.2 Å². The second-order valence-corrected chi connectivity index (χ2v) is 6.77. The summed E-state index contributed by atoms with van der Waals surface area (Å²) in [5.41, 5.74) is 0.841. The molecule has 1 atom stereocenters. The minimum absolute atomic E-state index is 0.0537. The first-order valence-corrected chi connectivity index (χ1v) is 8.72. The number of nitrogens with one attached hydrogen (secondary N) is 1. The molecule has 28 heavy (non-hydrogen) atoms. The number of carboxylic acid groups (broad SMARTS) is 1. The number of carbonyl (C=O) groups is 5. The van der Waals surface area contributed by atoms with E-state index in [1.807, 2.05) is 0 Å². The van der Waals surface area contributed by atoms with Crippen LogP contribution in [0.5, 0.6) is 0 Å². The van der Waals surface area contributed by atoms with Gasteiger partial charge in [0.05, 0.1) is 16.8 Å². The number of hydrogen-bond donors (Lipinski definition) is 2. The average Bonchev–Trinajstić information content (AvgIpc) is 2.90. The molecule has 5 amide bonds. The molecule has 0 saturated carbocycles. The Bertz CT molecular complexity index is 883. The molecule has 148 valence electrons. The number of imide groups is 2. The van der Waals surface area contributed by atoms with Crippen LogP contribution in [0.15, 0.2) is 18.2 Å². The Morgan fingerprint density at radius 2 is 1.89 bits per heavy atom. The third-order valence-corrected chi connectivity index (χ3v) is 4.95. The number of nitrogens with zero attached hydrogens (tertiary/aromatic N) is 3. The first kappa shape index (κ1) is 19.3. The summed E-state index contributed by atoms with van der Waals surface area (Å²) in [6.45, 7) is 0.508.